The number of imide groups is 1. The zero-order valence-corrected chi connectivity index (χ0v) is 47.3. The van der Waals surface area contributed by atoms with E-state index in [4.69, 9.17) is 33.3 Å². The van der Waals surface area contributed by atoms with Crippen molar-refractivity contribution in [1.29, 1.82) is 0 Å². The molecule has 2 aromatic rings. The van der Waals surface area contributed by atoms with Crippen molar-refractivity contribution in [3.8, 4) is 5.75 Å². The zero-order chi connectivity index (χ0) is 61.2. The molecule has 86 heavy (non-hydrogen) atoms. The Morgan fingerprint density at radius 2 is 1.57 bits per heavy atom. The number of rotatable bonds is 18. The van der Waals surface area contributed by atoms with Crippen molar-refractivity contribution in [1.82, 2.24) is 15.3 Å². The van der Waals surface area contributed by atoms with Gasteiger partial charge < -0.3 is 79.4 Å². The molecule has 4 aliphatic carbocycles. The number of carbonyl (C=O) groups is 9. The first-order chi connectivity index (χ1) is 40.9. The number of ketones is 2. The predicted molar refractivity (Wildman–Crippen MR) is 290 cm³/mol. The summed E-state index contributed by atoms with van der Waals surface area (Å²) in [5.74, 6) is -6.23. The summed E-state index contributed by atoms with van der Waals surface area (Å²) in [7, 11) is 0. The van der Waals surface area contributed by atoms with Crippen LogP contribution < -0.4 is 15.4 Å². The van der Waals surface area contributed by atoms with Crippen LogP contribution in [0.4, 0.5) is 10.5 Å². The third-order valence-corrected chi connectivity index (χ3v) is 19.3. The second-order valence-electron chi connectivity index (χ2n) is 24.7. The molecule has 1 unspecified atom stereocenters. The van der Waals surface area contributed by atoms with Gasteiger partial charge in [-0.15, -0.1) is 5.06 Å². The van der Waals surface area contributed by atoms with Gasteiger partial charge in [0, 0.05) is 73.0 Å². The molecule has 0 radical (unpaired) electrons. The molecule has 5 heterocycles. The Hall–Kier alpha value is -7.01. The van der Waals surface area contributed by atoms with Crippen LogP contribution in [0.25, 0.3) is 0 Å². The zero-order valence-electron chi connectivity index (χ0n) is 47.3. The van der Waals surface area contributed by atoms with Crippen molar-refractivity contribution in [2.24, 2.45) is 34.0 Å². The molecule has 5 saturated heterocycles. The molecular weight excluding hydrogens is 1130 g/mol. The van der Waals surface area contributed by atoms with E-state index < -0.39 is 133 Å². The monoisotopic (exact) mass is 1200 g/mol. The second kappa shape index (κ2) is 23.6. The number of aliphatic hydroxyl groups excluding tert-OH is 5. The summed E-state index contributed by atoms with van der Waals surface area (Å²) in [6.07, 6.45) is -5.61. The maximum Gasteiger partial charge on any atom is 0.410 e. The lowest BCUT2D eigenvalue weighted by molar-refractivity contribution is -0.271. The van der Waals surface area contributed by atoms with Crippen molar-refractivity contribution in [3.05, 3.63) is 83.0 Å². The topological polar surface area (TPSA) is 370 Å². The average Bonchev–Trinajstić information content (AvgIpc) is 1.48. The van der Waals surface area contributed by atoms with Crippen LogP contribution in [-0.4, -0.2) is 181 Å². The number of likely N-dealkylation sites (tertiary alicyclic amines) is 1. The second-order valence-corrected chi connectivity index (χ2v) is 24.7. The van der Waals surface area contributed by atoms with E-state index in [-0.39, 0.29) is 85.3 Å². The van der Waals surface area contributed by atoms with Crippen LogP contribution >= 0.6 is 0 Å². The summed E-state index contributed by atoms with van der Waals surface area (Å²) in [5.41, 5.74) is -0.163. The van der Waals surface area contributed by atoms with E-state index in [0.717, 1.165) is 17.6 Å². The molecule has 9 aliphatic rings. The van der Waals surface area contributed by atoms with Crippen LogP contribution in [0.15, 0.2) is 66.3 Å². The average molecular weight is 1200 g/mol. The first-order valence-electron chi connectivity index (χ1n) is 29.0. The highest BCUT2D eigenvalue weighted by Crippen LogP contribution is 2.70. The number of anilines is 1. The van der Waals surface area contributed by atoms with Gasteiger partial charge in [0.1, 0.15) is 37.3 Å². The van der Waals surface area contributed by atoms with Crippen LogP contribution in [0.3, 0.4) is 0 Å². The highest BCUT2D eigenvalue weighted by atomic mass is 16.7. The number of allylic oxidation sites excluding steroid dienone is 4. The van der Waals surface area contributed by atoms with Crippen molar-refractivity contribution >= 4 is 58.9 Å². The minimum atomic E-state index is -2.01. The number of nitrogens with one attached hydrogen (secondary N) is 2. The molecule has 8 fully saturated rings. The van der Waals surface area contributed by atoms with Crippen LogP contribution in [0.2, 0.25) is 0 Å². The first kappa shape index (κ1) is 60.7. The number of amides is 5. The van der Waals surface area contributed by atoms with E-state index in [1.807, 2.05) is 37.3 Å². The van der Waals surface area contributed by atoms with Gasteiger partial charge >= 0.3 is 18.0 Å². The van der Waals surface area contributed by atoms with Crippen LogP contribution in [-0.2, 0) is 79.9 Å². The van der Waals surface area contributed by atoms with Crippen molar-refractivity contribution in [2.75, 3.05) is 38.2 Å². The fourth-order valence-electron chi connectivity index (χ4n) is 15.1. The van der Waals surface area contributed by atoms with Crippen LogP contribution in [0.5, 0.6) is 5.75 Å². The maximum absolute atomic E-state index is 14.1. The number of fused-ring (bicyclic) bond motifs is 7. The molecule has 0 aromatic heterocycles. The number of hydrogen-bond acceptors (Lipinski definition) is 21. The summed E-state index contributed by atoms with van der Waals surface area (Å²) in [4.78, 5) is 119. The fraction of sp³-hybridized carbons (Fsp3) is 0.583. The van der Waals surface area contributed by atoms with E-state index in [1.165, 1.54) is 23.1 Å². The number of Topliss-reactive ketones (excluding diaryl/α,β-unsaturated/α-hetero) is 1. The number of carboxylic acid groups (broad SMARTS) is 1. The molecule has 15 atom stereocenters. The van der Waals surface area contributed by atoms with Crippen molar-refractivity contribution in [3.63, 3.8) is 0 Å². The third kappa shape index (κ3) is 11.1. The Labute approximate surface area is 492 Å². The highest BCUT2D eigenvalue weighted by Gasteiger charge is 2.76. The van der Waals surface area contributed by atoms with Gasteiger partial charge in [0.2, 0.25) is 18.1 Å². The lowest BCUT2D eigenvalue weighted by Gasteiger charge is -2.59. The Bertz CT molecular complexity index is 3130. The smallest absolute Gasteiger partial charge is 0.410 e. The van der Waals surface area contributed by atoms with Crippen LogP contribution in [0.1, 0.15) is 101 Å². The fourth-order valence-corrected chi connectivity index (χ4v) is 15.1. The predicted octanol–water partition coefficient (Wildman–Crippen LogP) is 1.36. The van der Waals surface area contributed by atoms with Gasteiger partial charge in [0.25, 0.3) is 11.8 Å². The minimum Gasteiger partial charge on any atom is -0.479 e. The number of hydrogen-bond donors (Lipinski definition) is 8. The van der Waals surface area contributed by atoms with Gasteiger partial charge in [-0.05, 0) is 85.8 Å². The van der Waals surface area contributed by atoms with E-state index in [0.29, 0.717) is 61.6 Å². The number of nitrogens with zero attached hydrogens (tertiary/aromatic N) is 2. The number of benzene rings is 2. The molecule has 8 N–H and O–H groups in total. The standard InChI is InChI=1S/C60H70N4O22/c1-57-17-15-34(66)21-33(57)8-9-36-37-22-42-60(41(68)25-65,58(37,2)24-39(67)48(36)57)85-54(83-42)32-6-3-30(4-7-32)19-35-23-59(29-81-35)27-63(28-59)56(79)80-26-31-5-10-40(82-55-51(76)49(74)50(75)52(84-55)53(77)78)38(20-31)62-44(70)16-18-61-43(69)11-14-47(73)86-64-45(71)12-13-46(64)72/h3-7,10,15,17,20-21,35-37,39,42,48-52,54-55,65,67,74-76H,8-9,11-14,16,18-19,22-29H2,1-2H3,(H,61,69)(H,62,70)(H,77,78)/t35?,36-,37-,39-,42+,48+,49-,50-,51+,52-,54+,55+,57-,58-,60+/m0/s1. The minimum absolute atomic E-state index is 0.0310. The van der Waals surface area contributed by atoms with Gasteiger partial charge in [-0.2, -0.15) is 0 Å². The lowest BCUT2D eigenvalue weighted by Crippen LogP contribution is -2.63. The number of aliphatic hydroxyl groups is 5. The summed E-state index contributed by atoms with van der Waals surface area (Å²) in [5, 5.41) is 68.7. The molecule has 11 rings (SSSR count). The molecule has 2 aromatic carbocycles. The molecule has 1 spiro atoms. The molecule has 462 valence electrons. The molecule has 0 bridgehead atoms. The van der Waals surface area contributed by atoms with Gasteiger partial charge in [-0.25, -0.2) is 14.4 Å². The Balaban J connectivity index is 0.668. The van der Waals surface area contributed by atoms with Gasteiger partial charge in [0.05, 0.1) is 37.0 Å². The molecule has 26 heteroatoms. The summed E-state index contributed by atoms with van der Waals surface area (Å²) in [6, 6.07) is 11.8. The van der Waals surface area contributed by atoms with Crippen LogP contribution in [0, 0.1) is 34.0 Å². The third-order valence-electron chi connectivity index (χ3n) is 19.3. The Kier molecular flexibility index (Phi) is 16.6. The SMILES string of the molecule is C[C@]12C=CC(=O)C=C1CC[C@@H]1[C@@H]2[C@@H](O)C[C@@]2(C)[C@H]1C[C@H]1O[C@@H](c3ccc(CC4CC5(CO4)CN(C(=O)OCc4ccc(O[C@@H]6O[C@H](C(=O)O)[C@@H](O)[C@H](O)[C@H]6O)c(NC(=O)CCNC(=O)CCC(=O)ON6C(=O)CCC6=O)c4)C5)cc3)O[C@]12C(=O)CO. The Morgan fingerprint density at radius 3 is 2.29 bits per heavy atom. The van der Waals surface area contributed by atoms with Crippen molar-refractivity contribution < 1.29 is 107 Å². The molecule has 5 amide bonds. The van der Waals surface area contributed by atoms with E-state index in [2.05, 4.69) is 17.6 Å². The summed E-state index contributed by atoms with van der Waals surface area (Å²) < 4.78 is 36.4. The number of ether oxygens (including phenoxy) is 6. The largest absolute Gasteiger partial charge is 0.479 e. The molecule has 3 saturated carbocycles. The maximum atomic E-state index is 14.1. The number of aliphatic carboxylic acids is 1. The highest BCUT2D eigenvalue weighted by molar-refractivity contribution is 6.02. The first-order valence-corrected chi connectivity index (χ1v) is 29.0. The number of hydroxylamine groups is 2. The van der Waals surface area contributed by atoms with Gasteiger partial charge in [0.15, 0.2) is 29.6 Å². The quantitative estimate of drug-likeness (QED) is 0.0977. The normalized spacial score (nSPS) is 34.7. The Morgan fingerprint density at radius 1 is 0.837 bits per heavy atom. The van der Waals surface area contributed by atoms with Gasteiger partial charge in [-0.3, -0.25) is 28.8 Å². The number of carbonyl (C=O) groups excluding carboxylic acids is 8. The number of carboxylic acids is 1. The molecule has 26 nitrogen and oxygen atoms in total. The lowest BCUT2D eigenvalue weighted by atomic mass is 9.46. The summed E-state index contributed by atoms with van der Waals surface area (Å²) in [6.45, 7) is 3.95. The molecule has 5 aliphatic heterocycles. The van der Waals surface area contributed by atoms with E-state index >= 15 is 0 Å². The van der Waals surface area contributed by atoms with E-state index in [9.17, 15) is 73.8 Å². The summed E-state index contributed by atoms with van der Waals surface area (Å²) >= 11 is 0. The van der Waals surface area contributed by atoms with Gasteiger partial charge in [-0.1, -0.05) is 55.8 Å². The van der Waals surface area contributed by atoms with Crippen molar-refractivity contribution in [2.45, 2.75) is 152 Å². The molecular formula is C60H70N4O22. The van der Waals surface area contributed by atoms with E-state index in [1.54, 1.807) is 12.2 Å².